The maximum atomic E-state index is 13.7. The lowest BCUT2D eigenvalue weighted by Crippen LogP contribution is -2.09. The zero-order valence-corrected chi connectivity index (χ0v) is 23.1. The van der Waals surface area contributed by atoms with E-state index in [-0.39, 0.29) is 28.8 Å². The zero-order chi connectivity index (χ0) is 29.2. The first-order valence-corrected chi connectivity index (χ1v) is 14.4. The minimum Gasteiger partial charge on any atom is -0.455 e. The minimum absolute atomic E-state index is 0.148. The Balaban J connectivity index is 1.17. The van der Waals surface area contributed by atoms with Crippen molar-refractivity contribution in [1.29, 1.82) is 0 Å². The highest BCUT2D eigenvalue weighted by atomic mass is 32.1. The van der Waals surface area contributed by atoms with Gasteiger partial charge in [0.2, 0.25) is 0 Å². The second kappa shape index (κ2) is 9.58. The Hall–Kier alpha value is -5.40. The number of thiophene rings is 1. The van der Waals surface area contributed by atoms with Crippen molar-refractivity contribution in [2.75, 3.05) is 4.90 Å². The van der Waals surface area contributed by atoms with Crippen molar-refractivity contribution in [2.24, 2.45) is 0 Å². The van der Waals surface area contributed by atoms with Gasteiger partial charge in [-0.2, -0.15) is 0 Å². The molecule has 43 heavy (non-hydrogen) atoms. The average Bonchev–Trinajstić information content (AvgIpc) is 3.64. The van der Waals surface area contributed by atoms with E-state index < -0.39 is 0 Å². The van der Waals surface area contributed by atoms with Crippen LogP contribution in [0.25, 0.3) is 38.1 Å². The van der Waals surface area contributed by atoms with E-state index in [0.29, 0.717) is 33.7 Å². The number of hydrogen-bond donors (Lipinski definition) is 0. The van der Waals surface area contributed by atoms with Crippen LogP contribution in [0.4, 0.5) is 25.8 Å². The summed E-state index contributed by atoms with van der Waals surface area (Å²) < 4.78 is 34.5. The summed E-state index contributed by atoms with van der Waals surface area (Å²) in [6.07, 6.45) is 1.65. The molecule has 206 valence electrons. The van der Waals surface area contributed by atoms with Crippen molar-refractivity contribution >= 4 is 78.1 Å². The summed E-state index contributed by atoms with van der Waals surface area (Å²) in [5, 5.41) is 2.71. The number of carbonyl (C=O) groups excluding carboxylic acids is 2. The number of fused-ring (bicyclic) bond motifs is 5. The van der Waals surface area contributed by atoms with E-state index in [1.165, 1.54) is 35.6 Å². The van der Waals surface area contributed by atoms with Gasteiger partial charge in [0, 0.05) is 44.5 Å². The number of rotatable bonds is 4. The van der Waals surface area contributed by atoms with Crippen LogP contribution in [-0.4, -0.2) is 11.6 Å². The molecule has 1 aliphatic carbocycles. The number of anilines is 3. The van der Waals surface area contributed by atoms with Gasteiger partial charge < -0.3 is 9.32 Å². The molecule has 5 aromatic carbocycles. The zero-order valence-electron chi connectivity index (χ0n) is 22.3. The quantitative estimate of drug-likeness (QED) is 0.153. The average molecular weight is 584 g/mol. The Morgan fingerprint density at radius 1 is 0.628 bits per heavy atom. The third-order valence-electron chi connectivity index (χ3n) is 7.73. The number of furan rings is 1. The number of allylic oxidation sites excluding steroid dienone is 1. The maximum absolute atomic E-state index is 13.7. The molecule has 2 aromatic heterocycles. The lowest BCUT2D eigenvalue weighted by atomic mass is 10.0. The number of halogens is 2. The molecule has 0 saturated carbocycles. The molecule has 0 spiro atoms. The van der Waals surface area contributed by atoms with Crippen molar-refractivity contribution in [3.63, 3.8) is 0 Å². The first-order valence-electron chi connectivity index (χ1n) is 13.5. The van der Waals surface area contributed by atoms with E-state index in [1.807, 2.05) is 53.4 Å². The van der Waals surface area contributed by atoms with Crippen molar-refractivity contribution in [1.82, 2.24) is 0 Å². The van der Waals surface area contributed by atoms with E-state index >= 15 is 0 Å². The normalized spacial score (nSPS) is 12.9. The van der Waals surface area contributed by atoms with Gasteiger partial charge >= 0.3 is 0 Å². The molecular weight excluding hydrogens is 564 g/mol. The number of nitrogens with zero attached hydrogens (tertiary/aromatic N) is 1. The molecule has 7 heteroatoms. The van der Waals surface area contributed by atoms with Crippen LogP contribution < -0.4 is 4.90 Å². The van der Waals surface area contributed by atoms with Gasteiger partial charge in [-0.1, -0.05) is 24.3 Å². The maximum Gasteiger partial charge on any atom is 0.197 e. The van der Waals surface area contributed by atoms with Crippen LogP contribution in [0.2, 0.25) is 0 Å². The fourth-order valence-corrected chi connectivity index (χ4v) is 6.74. The summed E-state index contributed by atoms with van der Waals surface area (Å²) in [4.78, 5) is 29.1. The van der Waals surface area contributed by atoms with E-state index in [1.54, 1.807) is 42.5 Å². The Morgan fingerprint density at radius 2 is 1.19 bits per heavy atom. The van der Waals surface area contributed by atoms with Gasteiger partial charge in [-0.05, 0) is 95.7 Å². The van der Waals surface area contributed by atoms with Crippen LogP contribution in [0.3, 0.4) is 0 Å². The van der Waals surface area contributed by atoms with E-state index in [0.717, 1.165) is 31.4 Å². The van der Waals surface area contributed by atoms with Gasteiger partial charge in [-0.25, -0.2) is 8.78 Å². The molecule has 0 atom stereocenters. The summed E-state index contributed by atoms with van der Waals surface area (Å²) in [6, 6.07) is 31.0. The summed E-state index contributed by atoms with van der Waals surface area (Å²) in [6.45, 7) is 0. The van der Waals surface area contributed by atoms with E-state index in [9.17, 15) is 18.4 Å². The van der Waals surface area contributed by atoms with E-state index in [4.69, 9.17) is 4.42 Å². The van der Waals surface area contributed by atoms with E-state index in [2.05, 4.69) is 0 Å². The lowest BCUT2D eigenvalue weighted by molar-refractivity contribution is 0.0990. The van der Waals surface area contributed by atoms with Crippen LogP contribution in [0.15, 0.2) is 119 Å². The van der Waals surface area contributed by atoms with Gasteiger partial charge in [0.05, 0.1) is 10.3 Å². The Labute approximate surface area is 247 Å². The van der Waals surface area contributed by atoms with Gasteiger partial charge in [0.25, 0.3) is 0 Å². The number of hydrogen-bond acceptors (Lipinski definition) is 5. The molecule has 0 radical (unpaired) electrons. The number of carbonyl (C=O) groups is 2. The van der Waals surface area contributed by atoms with Crippen LogP contribution in [0.5, 0.6) is 0 Å². The summed E-state index contributed by atoms with van der Waals surface area (Å²) in [5.74, 6) is -1.25. The first-order chi connectivity index (χ1) is 20.9. The van der Waals surface area contributed by atoms with Crippen LogP contribution >= 0.6 is 11.3 Å². The molecule has 4 nitrogen and oxygen atoms in total. The third kappa shape index (κ3) is 4.16. The predicted molar refractivity (Wildman–Crippen MR) is 167 cm³/mol. The molecule has 7 aromatic rings. The second-order valence-electron chi connectivity index (χ2n) is 10.4. The molecule has 0 aliphatic heterocycles. The van der Waals surface area contributed by atoms with Crippen molar-refractivity contribution in [2.45, 2.75) is 0 Å². The largest absolute Gasteiger partial charge is 0.455 e. The number of ketones is 2. The van der Waals surface area contributed by atoms with Gasteiger partial charge in [0.1, 0.15) is 22.8 Å². The topological polar surface area (TPSA) is 50.5 Å². The molecule has 0 saturated heterocycles. The summed E-state index contributed by atoms with van der Waals surface area (Å²) in [5.41, 5.74) is 4.44. The molecular formula is C36H19F2NO3S. The first kappa shape index (κ1) is 25.3. The SMILES string of the molecule is O=C1C(=Cc2cc3oc4cc(N(c5ccc(F)cc5)c5ccc(F)cc5)ccc4c3s2)C(=O)c2cc3ccccc3cc21. The predicted octanol–water partition coefficient (Wildman–Crippen LogP) is 10.0. The molecule has 0 amide bonds. The smallest absolute Gasteiger partial charge is 0.197 e. The van der Waals surface area contributed by atoms with Crippen molar-refractivity contribution in [3.05, 3.63) is 142 Å². The van der Waals surface area contributed by atoms with Crippen LogP contribution in [-0.2, 0) is 0 Å². The molecule has 0 unspecified atom stereocenters. The highest BCUT2D eigenvalue weighted by Gasteiger charge is 2.33. The Morgan fingerprint density at radius 3 is 1.77 bits per heavy atom. The van der Waals surface area contributed by atoms with Gasteiger partial charge in [-0.15, -0.1) is 11.3 Å². The third-order valence-corrected chi connectivity index (χ3v) is 8.82. The fourth-order valence-electron chi connectivity index (χ4n) is 5.68. The van der Waals surface area contributed by atoms with Crippen molar-refractivity contribution in [3.8, 4) is 0 Å². The minimum atomic E-state index is -0.353. The van der Waals surface area contributed by atoms with Crippen LogP contribution in [0, 0.1) is 11.6 Å². The van der Waals surface area contributed by atoms with Crippen LogP contribution in [0.1, 0.15) is 25.6 Å². The molecule has 8 rings (SSSR count). The van der Waals surface area contributed by atoms with Crippen molar-refractivity contribution < 1.29 is 22.8 Å². The lowest BCUT2D eigenvalue weighted by Gasteiger charge is -2.25. The highest BCUT2D eigenvalue weighted by molar-refractivity contribution is 7.20. The Bertz CT molecular complexity index is 2190. The number of Topliss-reactive ketones (excluding diaryl/α,β-unsaturated/α-hetero) is 2. The molecule has 0 N–H and O–H groups in total. The molecule has 2 heterocycles. The number of benzene rings is 5. The molecule has 0 fully saturated rings. The molecule has 1 aliphatic rings. The Kier molecular flexibility index (Phi) is 5.64. The second-order valence-corrected chi connectivity index (χ2v) is 11.5. The monoisotopic (exact) mass is 583 g/mol. The summed E-state index contributed by atoms with van der Waals surface area (Å²) >= 11 is 1.44. The summed E-state index contributed by atoms with van der Waals surface area (Å²) in [7, 11) is 0. The standard InChI is InChI=1S/C36H19F2NO3S/c37-22-5-9-24(10-6-22)39(25-11-7-23(38)8-12-25)26-13-14-28-32(17-26)42-33-19-27(43-36(28)33)18-31-34(40)29-15-20-3-1-2-4-21(20)16-30(29)35(31)41/h1-19H. The van der Waals surface area contributed by atoms with Gasteiger partial charge in [0.15, 0.2) is 11.6 Å². The highest BCUT2D eigenvalue weighted by Crippen LogP contribution is 2.41. The fraction of sp³-hybridized carbons (Fsp3) is 0. The molecule has 0 bridgehead atoms. The van der Waals surface area contributed by atoms with Gasteiger partial charge in [-0.3, -0.25) is 9.59 Å².